The van der Waals surface area contributed by atoms with Crippen molar-refractivity contribution in [1.82, 2.24) is 30.0 Å². The van der Waals surface area contributed by atoms with E-state index in [9.17, 15) is 28.0 Å². The summed E-state index contributed by atoms with van der Waals surface area (Å²) in [6, 6.07) is 15.7. The van der Waals surface area contributed by atoms with Gasteiger partial charge in [0.15, 0.2) is 11.4 Å². The number of ether oxygens (including phenoxy) is 1. The number of carbonyl (C=O) groups is 4. The Balaban J connectivity index is 0.763. The average Bonchev–Trinajstić information content (AvgIpc) is 3.77. The molecule has 16 heteroatoms. The molecule has 0 radical (unpaired) electrons. The number of hydrogen-bond donors (Lipinski definition) is 3. The van der Waals surface area contributed by atoms with E-state index < -0.39 is 35.6 Å². The number of alkyl halides is 2. The van der Waals surface area contributed by atoms with E-state index in [1.165, 1.54) is 31.4 Å². The predicted octanol–water partition coefficient (Wildman–Crippen LogP) is 8.27. The van der Waals surface area contributed by atoms with Gasteiger partial charge in [-0.3, -0.25) is 29.2 Å². The Labute approximate surface area is 351 Å². The quantitative estimate of drug-likeness (QED) is 0.0441. The summed E-state index contributed by atoms with van der Waals surface area (Å²) >= 11 is 0. The van der Waals surface area contributed by atoms with Gasteiger partial charge in [-0.2, -0.15) is 5.10 Å². The van der Waals surface area contributed by atoms with Crippen LogP contribution in [0.25, 0.3) is 11.5 Å². The zero-order valence-electron chi connectivity index (χ0n) is 33.9. The van der Waals surface area contributed by atoms with Crippen molar-refractivity contribution in [1.29, 1.82) is 0 Å². The van der Waals surface area contributed by atoms with Crippen molar-refractivity contribution in [2.45, 2.75) is 76.7 Å². The number of benzene rings is 2. The lowest BCUT2D eigenvalue weighted by atomic mass is 9.86. The van der Waals surface area contributed by atoms with E-state index in [1.54, 1.807) is 41.2 Å². The van der Waals surface area contributed by atoms with Gasteiger partial charge in [-0.15, -0.1) is 0 Å². The second-order valence-corrected chi connectivity index (χ2v) is 16.2. The number of fused-ring (bicyclic) bond motifs is 1. The first-order chi connectivity index (χ1) is 29.6. The highest BCUT2D eigenvalue weighted by Crippen LogP contribution is 2.36. The molecule has 5 aromatic rings. The summed E-state index contributed by atoms with van der Waals surface area (Å²) in [5.41, 5.74) is 1.27. The molecule has 1 aliphatic heterocycles. The van der Waals surface area contributed by atoms with Crippen LogP contribution < -0.4 is 20.7 Å². The number of aromatic nitrogens is 4. The molecule has 3 aliphatic rings. The van der Waals surface area contributed by atoms with Crippen LogP contribution in [0.4, 0.5) is 20.3 Å². The van der Waals surface area contributed by atoms with Gasteiger partial charge in [-0.1, -0.05) is 24.6 Å². The van der Waals surface area contributed by atoms with Gasteiger partial charge in [-0.25, -0.2) is 18.7 Å². The molecule has 2 fully saturated rings. The van der Waals surface area contributed by atoms with Crippen LogP contribution in [-0.4, -0.2) is 74.8 Å². The maximum absolute atomic E-state index is 14.1. The fourth-order valence-corrected chi connectivity index (χ4v) is 8.07. The first-order valence-corrected chi connectivity index (χ1v) is 20.9. The summed E-state index contributed by atoms with van der Waals surface area (Å²) in [6.07, 6.45) is 11.3. The van der Waals surface area contributed by atoms with E-state index in [1.807, 2.05) is 18.2 Å². The van der Waals surface area contributed by atoms with Gasteiger partial charge in [0.25, 0.3) is 29.9 Å². The van der Waals surface area contributed by atoms with Crippen molar-refractivity contribution in [3.8, 4) is 23.0 Å². The molecule has 3 aromatic heterocycles. The molecule has 61 heavy (non-hydrogen) atoms. The average molecular weight is 835 g/mol. The minimum atomic E-state index is -2.87. The van der Waals surface area contributed by atoms with Crippen LogP contribution in [0.5, 0.6) is 11.5 Å². The number of carbonyl (C=O) groups excluding carboxylic acids is 4. The number of nitrogens with zero attached hydrogens (tertiary/aromatic N) is 5. The van der Waals surface area contributed by atoms with Crippen LogP contribution in [0.3, 0.4) is 0 Å². The summed E-state index contributed by atoms with van der Waals surface area (Å²) in [6.45, 7) is 2.75. The van der Waals surface area contributed by atoms with E-state index in [-0.39, 0.29) is 40.2 Å². The molecular weight excluding hydrogens is 787 g/mol. The Kier molecular flexibility index (Phi) is 12.6. The van der Waals surface area contributed by atoms with E-state index >= 15 is 0 Å². The molecule has 14 nitrogen and oxygen atoms in total. The fraction of sp³-hybridized carbons (Fsp3) is 0.400. The topological polar surface area (TPSA) is 174 Å². The Hall–Kier alpha value is -6.29. The van der Waals surface area contributed by atoms with Crippen LogP contribution in [0.15, 0.2) is 77.7 Å². The van der Waals surface area contributed by atoms with Crippen molar-refractivity contribution in [2.24, 2.45) is 11.8 Å². The minimum Gasteiger partial charge on any atom is -0.457 e. The Morgan fingerprint density at radius 3 is 2.59 bits per heavy atom. The van der Waals surface area contributed by atoms with Crippen LogP contribution in [0.1, 0.15) is 113 Å². The highest BCUT2D eigenvalue weighted by Gasteiger charge is 2.33. The molecule has 8 rings (SSSR count). The summed E-state index contributed by atoms with van der Waals surface area (Å²) in [5.74, 6) is -0.211. The van der Waals surface area contributed by atoms with Crippen LogP contribution >= 0.6 is 0 Å². The summed E-state index contributed by atoms with van der Waals surface area (Å²) in [7, 11) is 2.13. The van der Waals surface area contributed by atoms with Crippen molar-refractivity contribution in [2.75, 3.05) is 37.3 Å². The molecule has 3 amide bonds. The number of rotatable bonds is 18. The third-order valence-corrected chi connectivity index (χ3v) is 11.6. The van der Waals surface area contributed by atoms with Crippen LogP contribution in [-0.2, 0) is 11.2 Å². The third-order valence-electron chi connectivity index (χ3n) is 11.6. The van der Waals surface area contributed by atoms with Gasteiger partial charge < -0.3 is 24.7 Å². The lowest BCUT2D eigenvalue weighted by molar-refractivity contribution is -0.116. The maximum atomic E-state index is 14.1. The van der Waals surface area contributed by atoms with E-state index in [0.717, 1.165) is 76.6 Å². The van der Waals surface area contributed by atoms with Gasteiger partial charge in [0.05, 0.1) is 17.3 Å². The molecule has 0 unspecified atom stereocenters. The molecule has 318 valence electrons. The highest BCUT2D eigenvalue weighted by atomic mass is 19.3. The molecule has 3 N–H and O–H groups in total. The number of unbranched alkanes of at least 4 members (excludes halogenated alkanes) is 2. The lowest BCUT2D eigenvalue weighted by Gasteiger charge is -2.31. The maximum Gasteiger partial charge on any atom is 0.299 e. The van der Waals surface area contributed by atoms with E-state index in [2.05, 4.69) is 43.0 Å². The SMILES string of the molecule is CN(CCCCCc1cccc(Oc2cccc3c2C(=O)NC(=O)C3=O)c1)C[C@H]1CC[C@H](n2cc(NC(=O)c3coc(-c4ccnc(NCC5CC5)c4)n3)c(C(F)F)n2)CC1. The minimum absolute atomic E-state index is 0.0319. The molecule has 0 bridgehead atoms. The Morgan fingerprint density at radius 1 is 0.984 bits per heavy atom. The first-order valence-electron chi connectivity index (χ1n) is 20.9. The normalized spacial score (nSPS) is 17.7. The fourth-order valence-electron chi connectivity index (χ4n) is 8.07. The van der Waals surface area contributed by atoms with Gasteiger partial charge in [-0.05, 0) is 125 Å². The first kappa shape index (κ1) is 41.4. The zero-order chi connectivity index (χ0) is 42.5. The number of aryl methyl sites for hydroxylation is 1. The van der Waals surface area contributed by atoms with Gasteiger partial charge in [0.2, 0.25) is 5.89 Å². The largest absolute Gasteiger partial charge is 0.457 e. The molecule has 2 saturated carbocycles. The van der Waals surface area contributed by atoms with Gasteiger partial charge in [0.1, 0.15) is 23.6 Å². The standard InChI is InChI=1S/C45H48F2N8O6/c1-54(20-4-2-3-7-27-8-5-9-32(21-27)61-36-11-6-10-33-38(36)43(58)52-44(59)40(33)56)24-29-14-16-31(17-15-29)55-25-34(39(53-55)41(46)47)50-42(57)35-26-60-45(51-35)30-18-19-48-37(22-30)49-23-28-12-13-28/h5-6,8-11,18-19,21-22,25-26,28-29,31,41H,2-4,7,12-17,20,23-24H2,1H3,(H,48,49)(H,50,57)(H,52,58,59)/t29-,31-. The number of pyridine rings is 1. The van der Waals surface area contributed by atoms with Crippen LogP contribution in [0.2, 0.25) is 0 Å². The zero-order valence-corrected chi connectivity index (χ0v) is 33.9. The molecule has 2 aromatic carbocycles. The number of anilines is 2. The Morgan fingerprint density at radius 2 is 1.79 bits per heavy atom. The monoisotopic (exact) mass is 834 g/mol. The molecule has 4 heterocycles. The van der Waals surface area contributed by atoms with E-state index in [4.69, 9.17) is 9.15 Å². The van der Waals surface area contributed by atoms with Crippen LogP contribution in [0, 0.1) is 11.8 Å². The smallest absolute Gasteiger partial charge is 0.299 e. The molecule has 0 spiro atoms. The number of oxazole rings is 1. The molecule has 0 saturated heterocycles. The second-order valence-electron chi connectivity index (χ2n) is 16.2. The Bertz CT molecular complexity index is 2400. The van der Waals surface area contributed by atoms with Gasteiger partial charge >= 0.3 is 0 Å². The molecule has 2 aliphatic carbocycles. The summed E-state index contributed by atoms with van der Waals surface area (Å²) < 4.78 is 41.5. The van der Waals surface area contributed by atoms with E-state index in [0.29, 0.717) is 29.0 Å². The number of nitrogens with one attached hydrogen (secondary N) is 3. The molecule has 0 atom stereocenters. The van der Waals surface area contributed by atoms with Crippen molar-refractivity contribution < 1.29 is 37.1 Å². The van der Waals surface area contributed by atoms with Crippen molar-refractivity contribution >= 4 is 35.0 Å². The second kappa shape index (κ2) is 18.5. The predicted molar refractivity (Wildman–Crippen MR) is 222 cm³/mol. The van der Waals surface area contributed by atoms with Gasteiger partial charge in [0, 0.05) is 36.6 Å². The summed E-state index contributed by atoms with van der Waals surface area (Å²) in [5, 5.41) is 12.2. The third kappa shape index (κ3) is 10.2. The number of amides is 3. The number of halogens is 2. The lowest BCUT2D eigenvalue weighted by Crippen LogP contribution is -2.42. The summed E-state index contributed by atoms with van der Waals surface area (Å²) in [4.78, 5) is 60.7. The number of Topliss-reactive ketones (excluding diaryl/α,β-unsaturated/α-hetero) is 1. The number of imide groups is 1. The highest BCUT2D eigenvalue weighted by molar-refractivity contribution is 6.49. The number of hydrogen-bond acceptors (Lipinski definition) is 11. The van der Waals surface area contributed by atoms with Crippen molar-refractivity contribution in [3.63, 3.8) is 0 Å². The molecular formula is C45H48F2N8O6. The van der Waals surface area contributed by atoms with Crippen molar-refractivity contribution in [3.05, 3.63) is 101 Å². The number of ketones is 1.